The Morgan fingerprint density at radius 3 is 3.04 bits per heavy atom. The Morgan fingerprint density at radius 1 is 1.33 bits per heavy atom. The van der Waals surface area contributed by atoms with E-state index in [1.165, 1.54) is 0 Å². The molecule has 4 heterocycles. The van der Waals surface area contributed by atoms with Crippen LogP contribution in [-0.2, 0) is 13.6 Å². The van der Waals surface area contributed by atoms with Gasteiger partial charge in [-0.1, -0.05) is 0 Å². The maximum absolute atomic E-state index is 9.15. The summed E-state index contributed by atoms with van der Waals surface area (Å²) in [4.78, 5) is 11.1. The van der Waals surface area contributed by atoms with E-state index in [2.05, 4.69) is 30.2 Å². The van der Waals surface area contributed by atoms with Gasteiger partial charge in [-0.25, -0.2) is 14.6 Å². The molecule has 1 atom stereocenters. The third-order valence-electron chi connectivity index (χ3n) is 4.56. The predicted molar refractivity (Wildman–Crippen MR) is 87.6 cm³/mol. The van der Waals surface area contributed by atoms with E-state index < -0.39 is 0 Å². The quantitative estimate of drug-likeness (QED) is 0.737. The summed E-state index contributed by atoms with van der Waals surface area (Å²) in [6.07, 6.45) is 7.27. The summed E-state index contributed by atoms with van der Waals surface area (Å²) < 4.78 is 3.70. The number of nitrogens with zero attached hydrogens (tertiary/aromatic N) is 8. The molecule has 3 aromatic rings. The number of rotatable bonds is 4. The molecule has 0 radical (unpaired) electrons. The van der Waals surface area contributed by atoms with Crippen molar-refractivity contribution in [2.24, 2.45) is 7.05 Å². The highest BCUT2D eigenvalue weighted by molar-refractivity contribution is 5.86. The summed E-state index contributed by atoms with van der Waals surface area (Å²) in [5.74, 6) is 2.25. The summed E-state index contributed by atoms with van der Waals surface area (Å²) in [6.45, 7) is 2.27. The lowest BCUT2D eigenvalue weighted by atomic mass is 9.97. The smallest absolute Gasteiger partial charge is 0.163 e. The SMILES string of the molecule is Cn1cnnc1[C@H]1CCCN(c2ncnc3c2cnn3CCO)C1. The number of aliphatic hydroxyl groups is 1. The first kappa shape index (κ1) is 15.0. The second-order valence-corrected chi connectivity index (χ2v) is 6.11. The maximum atomic E-state index is 9.15. The van der Waals surface area contributed by atoms with Gasteiger partial charge in [0.2, 0.25) is 0 Å². The van der Waals surface area contributed by atoms with Gasteiger partial charge >= 0.3 is 0 Å². The van der Waals surface area contributed by atoms with E-state index in [0.717, 1.165) is 48.6 Å². The molecule has 4 rings (SSSR count). The Hall–Kier alpha value is -2.55. The van der Waals surface area contributed by atoms with Crippen LogP contribution in [0.2, 0.25) is 0 Å². The van der Waals surface area contributed by atoms with Crippen LogP contribution in [0.1, 0.15) is 24.6 Å². The number of aryl methyl sites for hydroxylation is 1. The van der Waals surface area contributed by atoms with Crippen LogP contribution in [0.25, 0.3) is 11.0 Å². The molecule has 0 saturated carbocycles. The standard InChI is InChI=1S/C15H20N8O/c1-21-10-18-20-13(21)11-3-2-4-22(8-11)14-12-7-19-23(5-6-24)15(12)17-9-16-14/h7,9-11,24H,2-6,8H2,1H3/t11-/m0/s1. The van der Waals surface area contributed by atoms with Gasteiger partial charge in [-0.2, -0.15) is 5.10 Å². The van der Waals surface area contributed by atoms with Crippen molar-refractivity contribution in [2.45, 2.75) is 25.3 Å². The van der Waals surface area contributed by atoms with Crippen LogP contribution in [0.4, 0.5) is 5.82 Å². The molecule has 0 spiro atoms. The predicted octanol–water partition coefficient (Wildman–Crippen LogP) is 0.331. The summed E-state index contributed by atoms with van der Waals surface area (Å²) in [5, 5.41) is 22.7. The fourth-order valence-corrected chi connectivity index (χ4v) is 3.43. The normalized spacial score (nSPS) is 18.4. The van der Waals surface area contributed by atoms with E-state index in [1.807, 2.05) is 11.6 Å². The Bertz CT molecular complexity index is 841. The van der Waals surface area contributed by atoms with Gasteiger partial charge in [-0.15, -0.1) is 10.2 Å². The fourth-order valence-electron chi connectivity index (χ4n) is 3.43. The highest BCUT2D eigenvalue weighted by Crippen LogP contribution is 2.30. The Morgan fingerprint density at radius 2 is 2.25 bits per heavy atom. The average Bonchev–Trinajstić information content (AvgIpc) is 3.22. The molecule has 9 heteroatoms. The maximum Gasteiger partial charge on any atom is 0.163 e. The Balaban J connectivity index is 1.66. The van der Waals surface area contributed by atoms with Crippen molar-refractivity contribution in [3.63, 3.8) is 0 Å². The lowest BCUT2D eigenvalue weighted by molar-refractivity contribution is 0.271. The molecule has 0 unspecified atom stereocenters. The largest absolute Gasteiger partial charge is 0.394 e. The molecule has 1 N–H and O–H groups in total. The van der Waals surface area contributed by atoms with Crippen LogP contribution in [0.15, 0.2) is 18.9 Å². The first-order chi connectivity index (χ1) is 11.8. The van der Waals surface area contributed by atoms with Crippen molar-refractivity contribution in [2.75, 3.05) is 24.6 Å². The van der Waals surface area contributed by atoms with Gasteiger partial charge in [0.1, 0.15) is 24.3 Å². The van der Waals surface area contributed by atoms with Gasteiger partial charge in [-0.3, -0.25) is 0 Å². The molecule has 24 heavy (non-hydrogen) atoms. The number of aromatic nitrogens is 7. The molecule has 1 saturated heterocycles. The first-order valence-corrected chi connectivity index (χ1v) is 8.14. The summed E-state index contributed by atoms with van der Waals surface area (Å²) in [6, 6.07) is 0. The molecule has 0 amide bonds. The molecule has 0 bridgehead atoms. The molecule has 3 aromatic heterocycles. The van der Waals surface area contributed by atoms with Gasteiger partial charge in [0, 0.05) is 26.1 Å². The van der Waals surface area contributed by atoms with Crippen molar-refractivity contribution in [1.29, 1.82) is 0 Å². The van der Waals surface area contributed by atoms with E-state index in [9.17, 15) is 0 Å². The van der Waals surface area contributed by atoms with E-state index >= 15 is 0 Å². The fraction of sp³-hybridized carbons (Fsp3) is 0.533. The van der Waals surface area contributed by atoms with E-state index in [-0.39, 0.29) is 6.61 Å². The van der Waals surface area contributed by atoms with Crippen molar-refractivity contribution in [1.82, 2.24) is 34.5 Å². The summed E-state index contributed by atoms with van der Waals surface area (Å²) >= 11 is 0. The molecular formula is C15H20N8O. The molecule has 9 nitrogen and oxygen atoms in total. The molecule has 1 fully saturated rings. The number of aliphatic hydroxyl groups excluding tert-OH is 1. The van der Waals surface area contributed by atoms with Crippen LogP contribution < -0.4 is 4.90 Å². The topological polar surface area (TPSA) is 97.8 Å². The zero-order chi connectivity index (χ0) is 16.5. The highest BCUT2D eigenvalue weighted by Gasteiger charge is 2.27. The molecule has 1 aliphatic rings. The number of piperidine rings is 1. The lowest BCUT2D eigenvalue weighted by Crippen LogP contribution is -2.36. The zero-order valence-corrected chi connectivity index (χ0v) is 13.6. The van der Waals surface area contributed by atoms with Crippen molar-refractivity contribution in [3.05, 3.63) is 24.7 Å². The van der Waals surface area contributed by atoms with Crippen LogP contribution in [-0.4, -0.2) is 59.3 Å². The van der Waals surface area contributed by atoms with Gasteiger partial charge < -0.3 is 14.6 Å². The minimum absolute atomic E-state index is 0.0358. The Labute approximate surface area is 139 Å². The van der Waals surface area contributed by atoms with E-state index in [0.29, 0.717) is 12.5 Å². The van der Waals surface area contributed by atoms with E-state index in [4.69, 9.17) is 5.11 Å². The molecule has 126 valence electrons. The summed E-state index contributed by atoms with van der Waals surface area (Å²) in [5.41, 5.74) is 0.759. The molecule has 0 aliphatic carbocycles. The third-order valence-corrected chi connectivity index (χ3v) is 4.56. The minimum Gasteiger partial charge on any atom is -0.394 e. The van der Waals surface area contributed by atoms with Gasteiger partial charge in [0.25, 0.3) is 0 Å². The van der Waals surface area contributed by atoms with Crippen LogP contribution in [0, 0.1) is 0 Å². The summed E-state index contributed by atoms with van der Waals surface area (Å²) in [7, 11) is 1.98. The van der Waals surface area contributed by atoms with Gasteiger partial charge in [-0.05, 0) is 12.8 Å². The molecular weight excluding hydrogens is 308 g/mol. The minimum atomic E-state index is 0.0358. The van der Waals surface area contributed by atoms with Crippen molar-refractivity contribution < 1.29 is 5.11 Å². The number of hydrogen-bond donors (Lipinski definition) is 1. The lowest BCUT2D eigenvalue weighted by Gasteiger charge is -2.33. The van der Waals surface area contributed by atoms with Crippen LogP contribution >= 0.6 is 0 Å². The van der Waals surface area contributed by atoms with Crippen molar-refractivity contribution in [3.8, 4) is 0 Å². The second-order valence-electron chi connectivity index (χ2n) is 6.11. The zero-order valence-electron chi connectivity index (χ0n) is 13.6. The molecule has 0 aromatic carbocycles. The van der Waals surface area contributed by atoms with E-state index in [1.54, 1.807) is 23.5 Å². The number of anilines is 1. The van der Waals surface area contributed by atoms with Crippen molar-refractivity contribution >= 4 is 16.9 Å². The third kappa shape index (κ3) is 2.50. The molecule has 1 aliphatic heterocycles. The Kier molecular flexibility index (Phi) is 3.85. The van der Waals surface area contributed by atoms with Crippen LogP contribution in [0.3, 0.4) is 0 Å². The monoisotopic (exact) mass is 328 g/mol. The average molecular weight is 328 g/mol. The second kappa shape index (κ2) is 6.16. The number of fused-ring (bicyclic) bond motifs is 1. The highest BCUT2D eigenvalue weighted by atomic mass is 16.3. The number of hydrogen-bond acceptors (Lipinski definition) is 7. The van der Waals surface area contributed by atoms with Gasteiger partial charge in [0.15, 0.2) is 5.65 Å². The van der Waals surface area contributed by atoms with Gasteiger partial charge in [0.05, 0.1) is 24.7 Å². The first-order valence-electron chi connectivity index (χ1n) is 8.14. The van der Waals surface area contributed by atoms with Crippen LogP contribution in [0.5, 0.6) is 0 Å².